The van der Waals surface area contributed by atoms with Gasteiger partial charge >= 0.3 is 5.97 Å². The molecule has 0 unspecified atom stereocenters. The lowest BCUT2D eigenvalue weighted by Gasteiger charge is -2.26. The largest absolute Gasteiger partial charge is 0.462 e. The van der Waals surface area contributed by atoms with Crippen LogP contribution in [-0.2, 0) is 17.7 Å². The van der Waals surface area contributed by atoms with Gasteiger partial charge in [0.25, 0.3) is 0 Å². The van der Waals surface area contributed by atoms with Crippen LogP contribution in [0.1, 0.15) is 48.7 Å². The summed E-state index contributed by atoms with van der Waals surface area (Å²) < 4.78 is 5.01. The van der Waals surface area contributed by atoms with Crippen LogP contribution < -0.4 is 5.32 Å². The number of benzene rings is 2. The first-order valence-corrected chi connectivity index (χ1v) is 8.55. The van der Waals surface area contributed by atoms with Crippen molar-refractivity contribution in [1.82, 2.24) is 5.32 Å². The monoisotopic (exact) mass is 325 g/mol. The summed E-state index contributed by atoms with van der Waals surface area (Å²) >= 11 is 0. The SMILES string of the molecule is CCOC(=O)c1ccc(CCC(C)(C)NCc2ccccc2)cc1. The molecule has 24 heavy (non-hydrogen) atoms. The molecule has 0 bridgehead atoms. The van der Waals surface area contributed by atoms with E-state index in [0.717, 1.165) is 19.4 Å². The first kappa shape index (κ1) is 18.2. The van der Waals surface area contributed by atoms with E-state index in [-0.39, 0.29) is 11.5 Å². The molecule has 0 atom stereocenters. The lowest BCUT2D eigenvalue weighted by Crippen LogP contribution is -2.39. The first-order chi connectivity index (χ1) is 11.5. The third kappa shape index (κ3) is 5.82. The molecule has 2 aromatic carbocycles. The van der Waals surface area contributed by atoms with Crippen molar-refractivity contribution in [2.75, 3.05) is 6.61 Å². The Balaban J connectivity index is 1.84. The van der Waals surface area contributed by atoms with Gasteiger partial charge in [0, 0.05) is 12.1 Å². The van der Waals surface area contributed by atoms with E-state index in [1.54, 1.807) is 0 Å². The second kappa shape index (κ2) is 8.65. The summed E-state index contributed by atoms with van der Waals surface area (Å²) in [6.45, 7) is 7.54. The summed E-state index contributed by atoms with van der Waals surface area (Å²) in [6, 6.07) is 18.2. The maximum Gasteiger partial charge on any atom is 0.338 e. The number of esters is 1. The van der Waals surface area contributed by atoms with Crippen LogP contribution in [0.25, 0.3) is 0 Å². The van der Waals surface area contributed by atoms with E-state index in [0.29, 0.717) is 12.2 Å². The molecule has 1 N–H and O–H groups in total. The van der Waals surface area contributed by atoms with Crippen LogP contribution in [0.4, 0.5) is 0 Å². The summed E-state index contributed by atoms with van der Waals surface area (Å²) in [5.41, 5.74) is 3.19. The molecule has 2 rings (SSSR count). The Morgan fingerprint density at radius 3 is 2.29 bits per heavy atom. The molecule has 0 heterocycles. The molecule has 0 aliphatic heterocycles. The number of carbonyl (C=O) groups excluding carboxylic acids is 1. The zero-order valence-electron chi connectivity index (χ0n) is 14.8. The average molecular weight is 325 g/mol. The zero-order valence-corrected chi connectivity index (χ0v) is 14.8. The van der Waals surface area contributed by atoms with Crippen molar-refractivity contribution in [2.24, 2.45) is 0 Å². The average Bonchev–Trinajstić information content (AvgIpc) is 2.60. The summed E-state index contributed by atoms with van der Waals surface area (Å²) in [7, 11) is 0. The van der Waals surface area contributed by atoms with Gasteiger partial charge in [-0.2, -0.15) is 0 Å². The second-order valence-corrected chi connectivity index (χ2v) is 6.64. The third-order valence-corrected chi connectivity index (χ3v) is 4.12. The molecule has 3 heteroatoms. The van der Waals surface area contributed by atoms with Crippen molar-refractivity contribution in [2.45, 2.75) is 45.7 Å². The molecule has 0 saturated carbocycles. The number of carbonyl (C=O) groups is 1. The molecule has 2 aromatic rings. The molecule has 3 nitrogen and oxygen atoms in total. The second-order valence-electron chi connectivity index (χ2n) is 6.64. The highest BCUT2D eigenvalue weighted by Gasteiger charge is 2.16. The lowest BCUT2D eigenvalue weighted by atomic mass is 9.94. The van der Waals surface area contributed by atoms with Gasteiger partial charge in [-0.05, 0) is 56.9 Å². The van der Waals surface area contributed by atoms with Crippen molar-refractivity contribution in [3.63, 3.8) is 0 Å². The topological polar surface area (TPSA) is 38.3 Å². The fourth-order valence-corrected chi connectivity index (χ4v) is 2.50. The maximum absolute atomic E-state index is 11.7. The Morgan fingerprint density at radius 1 is 1.00 bits per heavy atom. The molecule has 128 valence electrons. The summed E-state index contributed by atoms with van der Waals surface area (Å²) in [5, 5.41) is 3.62. The van der Waals surface area contributed by atoms with Gasteiger partial charge < -0.3 is 10.1 Å². The minimum Gasteiger partial charge on any atom is -0.462 e. The van der Waals surface area contributed by atoms with Gasteiger partial charge in [0.15, 0.2) is 0 Å². The van der Waals surface area contributed by atoms with E-state index >= 15 is 0 Å². The predicted molar refractivity (Wildman–Crippen MR) is 98.1 cm³/mol. The van der Waals surface area contributed by atoms with E-state index < -0.39 is 0 Å². The van der Waals surface area contributed by atoms with Gasteiger partial charge in [0.2, 0.25) is 0 Å². The number of ether oxygens (including phenoxy) is 1. The Morgan fingerprint density at radius 2 is 1.67 bits per heavy atom. The predicted octanol–water partition coefficient (Wildman–Crippen LogP) is 4.36. The van der Waals surface area contributed by atoms with Crippen LogP contribution in [0, 0.1) is 0 Å². The van der Waals surface area contributed by atoms with Crippen LogP contribution in [0.15, 0.2) is 54.6 Å². The normalized spacial score (nSPS) is 11.3. The van der Waals surface area contributed by atoms with Gasteiger partial charge in [-0.15, -0.1) is 0 Å². The first-order valence-electron chi connectivity index (χ1n) is 8.55. The van der Waals surface area contributed by atoms with Crippen LogP contribution in [0.5, 0.6) is 0 Å². The van der Waals surface area contributed by atoms with E-state index in [1.165, 1.54) is 11.1 Å². The van der Waals surface area contributed by atoms with Gasteiger partial charge in [0.05, 0.1) is 12.2 Å². The smallest absolute Gasteiger partial charge is 0.338 e. The van der Waals surface area contributed by atoms with Crippen LogP contribution >= 0.6 is 0 Å². The van der Waals surface area contributed by atoms with Crippen LogP contribution in [0.2, 0.25) is 0 Å². The van der Waals surface area contributed by atoms with Gasteiger partial charge in [0.1, 0.15) is 0 Å². The highest BCUT2D eigenvalue weighted by molar-refractivity contribution is 5.89. The Labute approximate surface area is 145 Å². The fourth-order valence-electron chi connectivity index (χ4n) is 2.50. The zero-order chi connectivity index (χ0) is 17.4. The highest BCUT2D eigenvalue weighted by Crippen LogP contribution is 2.16. The van der Waals surface area contributed by atoms with Crippen molar-refractivity contribution in [3.05, 3.63) is 71.3 Å². The molecule has 0 aliphatic carbocycles. The molecular weight excluding hydrogens is 298 g/mol. The summed E-state index contributed by atoms with van der Waals surface area (Å²) in [4.78, 5) is 11.7. The number of rotatable bonds is 8. The fraction of sp³-hybridized carbons (Fsp3) is 0.381. The van der Waals surface area contributed by atoms with E-state index in [4.69, 9.17) is 4.74 Å². The molecule has 0 spiro atoms. The molecule has 0 aromatic heterocycles. The minimum atomic E-state index is -0.256. The quantitative estimate of drug-likeness (QED) is 0.733. The standard InChI is InChI=1S/C21H27NO2/c1-4-24-20(23)19-12-10-17(11-13-19)14-15-21(2,3)22-16-18-8-6-5-7-9-18/h5-13,22H,4,14-16H2,1-3H3. The van der Waals surface area contributed by atoms with Crippen molar-refractivity contribution < 1.29 is 9.53 Å². The number of hydrogen-bond donors (Lipinski definition) is 1. The van der Waals surface area contributed by atoms with Crippen molar-refractivity contribution in [1.29, 1.82) is 0 Å². The molecular formula is C21H27NO2. The lowest BCUT2D eigenvalue weighted by molar-refractivity contribution is 0.0526. The van der Waals surface area contributed by atoms with E-state index in [1.807, 2.05) is 37.3 Å². The Hall–Kier alpha value is -2.13. The van der Waals surface area contributed by atoms with E-state index in [9.17, 15) is 4.79 Å². The molecule has 0 amide bonds. The van der Waals surface area contributed by atoms with Gasteiger partial charge in [-0.25, -0.2) is 4.79 Å². The highest BCUT2D eigenvalue weighted by atomic mass is 16.5. The van der Waals surface area contributed by atoms with Gasteiger partial charge in [-0.3, -0.25) is 0 Å². The molecule has 0 fully saturated rings. The number of hydrogen-bond acceptors (Lipinski definition) is 3. The summed E-state index contributed by atoms with van der Waals surface area (Å²) in [6.07, 6.45) is 2.00. The number of aryl methyl sites for hydroxylation is 1. The molecule has 0 saturated heterocycles. The molecule has 0 radical (unpaired) electrons. The third-order valence-electron chi connectivity index (χ3n) is 4.12. The van der Waals surface area contributed by atoms with Crippen LogP contribution in [-0.4, -0.2) is 18.1 Å². The molecule has 0 aliphatic rings. The maximum atomic E-state index is 11.7. The number of nitrogens with one attached hydrogen (secondary N) is 1. The van der Waals surface area contributed by atoms with Crippen LogP contribution in [0.3, 0.4) is 0 Å². The van der Waals surface area contributed by atoms with Crippen molar-refractivity contribution >= 4 is 5.97 Å². The Bertz CT molecular complexity index is 633. The summed E-state index contributed by atoms with van der Waals surface area (Å²) in [5.74, 6) is -0.256. The van der Waals surface area contributed by atoms with Crippen molar-refractivity contribution in [3.8, 4) is 0 Å². The minimum absolute atomic E-state index is 0.0512. The Kier molecular flexibility index (Phi) is 6.56. The van der Waals surface area contributed by atoms with E-state index in [2.05, 4.69) is 43.4 Å². The van der Waals surface area contributed by atoms with Gasteiger partial charge in [-0.1, -0.05) is 42.5 Å².